The third-order valence-corrected chi connectivity index (χ3v) is 5.15. The number of nitrogens with one attached hydrogen (secondary N) is 1. The standard InChI is InChI=1S/C24H25N5/c1-15-8-10-21(25-13-15)19-9-11-22-20(12-19)24(27-14-26-22)29-18(4)23-16(2)6-5-7-17(3)28-23/h7-14,18H,2,5-6H2,1,3-4H3,(H,26,27,29). The number of hydrogen-bond acceptors (Lipinski definition) is 5. The topological polar surface area (TPSA) is 63.1 Å². The van der Waals surface area contributed by atoms with Gasteiger partial charge in [-0.1, -0.05) is 24.8 Å². The third-order valence-electron chi connectivity index (χ3n) is 5.15. The van der Waals surface area contributed by atoms with Gasteiger partial charge in [0.2, 0.25) is 0 Å². The summed E-state index contributed by atoms with van der Waals surface area (Å²) in [5, 5.41) is 4.49. The molecule has 0 fully saturated rings. The maximum absolute atomic E-state index is 4.77. The van der Waals surface area contributed by atoms with Crippen molar-refractivity contribution < 1.29 is 0 Å². The van der Waals surface area contributed by atoms with E-state index in [1.807, 2.05) is 38.2 Å². The molecule has 1 aromatic carbocycles. The summed E-state index contributed by atoms with van der Waals surface area (Å²) in [5.74, 6) is 0.790. The fourth-order valence-corrected chi connectivity index (χ4v) is 3.54. The molecule has 0 aliphatic carbocycles. The van der Waals surface area contributed by atoms with Gasteiger partial charge in [-0.25, -0.2) is 9.97 Å². The van der Waals surface area contributed by atoms with Crippen LogP contribution in [0.3, 0.4) is 0 Å². The molecular formula is C24H25N5. The highest BCUT2D eigenvalue weighted by Crippen LogP contribution is 2.27. The van der Waals surface area contributed by atoms with Gasteiger partial charge in [-0.05, 0) is 62.9 Å². The molecule has 1 unspecified atom stereocenters. The minimum atomic E-state index is -0.0109. The molecule has 1 atom stereocenters. The van der Waals surface area contributed by atoms with Crippen molar-refractivity contribution in [2.45, 2.75) is 39.7 Å². The first-order valence-electron chi connectivity index (χ1n) is 9.89. The van der Waals surface area contributed by atoms with E-state index in [4.69, 9.17) is 4.99 Å². The van der Waals surface area contributed by atoms with Gasteiger partial charge in [-0.15, -0.1) is 0 Å². The molecule has 0 radical (unpaired) electrons. The quantitative estimate of drug-likeness (QED) is 0.646. The highest BCUT2D eigenvalue weighted by atomic mass is 15.0. The first-order valence-corrected chi connectivity index (χ1v) is 9.89. The van der Waals surface area contributed by atoms with Crippen LogP contribution in [0.25, 0.3) is 22.2 Å². The van der Waals surface area contributed by atoms with Crippen LogP contribution in [0, 0.1) is 6.92 Å². The summed E-state index contributed by atoms with van der Waals surface area (Å²) >= 11 is 0. The zero-order valence-corrected chi connectivity index (χ0v) is 17.1. The summed E-state index contributed by atoms with van der Waals surface area (Å²) < 4.78 is 0. The number of aryl methyl sites for hydroxylation is 1. The highest BCUT2D eigenvalue weighted by molar-refractivity contribution is 6.06. The number of anilines is 1. The van der Waals surface area contributed by atoms with Gasteiger partial charge in [-0.2, -0.15) is 0 Å². The second kappa shape index (κ2) is 7.95. The van der Waals surface area contributed by atoms with Crippen LogP contribution < -0.4 is 5.32 Å². The van der Waals surface area contributed by atoms with E-state index in [2.05, 4.69) is 52.0 Å². The summed E-state index contributed by atoms with van der Waals surface area (Å²) in [5.41, 5.74) is 7.10. The molecule has 146 valence electrons. The zero-order chi connectivity index (χ0) is 20.4. The molecule has 0 bridgehead atoms. The molecule has 3 aromatic rings. The van der Waals surface area contributed by atoms with Crippen LogP contribution in [0.4, 0.5) is 5.82 Å². The van der Waals surface area contributed by atoms with Crippen molar-refractivity contribution in [1.82, 2.24) is 15.0 Å². The maximum Gasteiger partial charge on any atom is 0.137 e. The minimum Gasteiger partial charge on any atom is -0.361 e. The number of allylic oxidation sites excluding steroid dienone is 2. The first-order chi connectivity index (χ1) is 14.0. The fraction of sp³-hybridized carbons (Fsp3) is 0.250. The predicted molar refractivity (Wildman–Crippen MR) is 120 cm³/mol. The smallest absolute Gasteiger partial charge is 0.137 e. The van der Waals surface area contributed by atoms with Crippen molar-refractivity contribution in [1.29, 1.82) is 0 Å². The van der Waals surface area contributed by atoms with Gasteiger partial charge < -0.3 is 5.32 Å². The first kappa shape index (κ1) is 19.0. The molecule has 0 saturated carbocycles. The molecule has 0 amide bonds. The summed E-state index contributed by atoms with van der Waals surface area (Å²) in [6.07, 6.45) is 7.54. The van der Waals surface area contributed by atoms with E-state index in [0.717, 1.165) is 63.4 Å². The summed E-state index contributed by atoms with van der Waals surface area (Å²) in [6, 6.07) is 10.3. The van der Waals surface area contributed by atoms with Gasteiger partial charge in [0, 0.05) is 22.8 Å². The molecule has 0 spiro atoms. The second-order valence-corrected chi connectivity index (χ2v) is 7.53. The van der Waals surface area contributed by atoms with Gasteiger partial charge in [-0.3, -0.25) is 9.98 Å². The SMILES string of the molecule is C=C1CCC=C(C)N=C1C(C)Nc1ncnc2ccc(-c3ccc(C)cn3)cc12. The average Bonchev–Trinajstić information content (AvgIpc) is 2.89. The lowest BCUT2D eigenvalue weighted by Crippen LogP contribution is -2.28. The van der Waals surface area contributed by atoms with Gasteiger partial charge in [0.25, 0.3) is 0 Å². The van der Waals surface area contributed by atoms with Crippen LogP contribution in [-0.2, 0) is 0 Å². The number of benzene rings is 1. The van der Waals surface area contributed by atoms with Crippen molar-refractivity contribution in [3.05, 3.63) is 72.3 Å². The Hall–Kier alpha value is -3.34. The predicted octanol–water partition coefficient (Wildman–Crippen LogP) is 5.50. The molecule has 0 saturated heterocycles. The lowest BCUT2D eigenvalue weighted by atomic mass is 10.0. The Kier molecular flexibility index (Phi) is 5.21. The number of aliphatic imine (C=N–C) groups is 1. The minimum absolute atomic E-state index is 0.0109. The number of hydrogen-bond donors (Lipinski definition) is 1. The van der Waals surface area contributed by atoms with Crippen LogP contribution >= 0.6 is 0 Å². The Morgan fingerprint density at radius 3 is 2.72 bits per heavy atom. The maximum atomic E-state index is 4.77. The van der Waals surface area contributed by atoms with Crippen LogP contribution in [0.15, 0.2) is 71.8 Å². The van der Waals surface area contributed by atoms with Gasteiger partial charge in [0.05, 0.1) is 23.0 Å². The Labute approximate surface area is 171 Å². The van der Waals surface area contributed by atoms with Crippen molar-refractivity contribution in [3.8, 4) is 11.3 Å². The van der Waals surface area contributed by atoms with Crippen molar-refractivity contribution in [2.24, 2.45) is 4.99 Å². The number of rotatable bonds is 4. The Morgan fingerprint density at radius 1 is 1.07 bits per heavy atom. The van der Waals surface area contributed by atoms with Crippen molar-refractivity contribution in [2.75, 3.05) is 5.32 Å². The van der Waals surface area contributed by atoms with E-state index in [0.29, 0.717) is 0 Å². The number of pyridine rings is 1. The van der Waals surface area contributed by atoms with E-state index >= 15 is 0 Å². The lowest BCUT2D eigenvalue weighted by molar-refractivity contribution is 0.984. The Bertz CT molecular complexity index is 1130. The Balaban J connectivity index is 1.70. The number of fused-ring (bicyclic) bond motifs is 1. The van der Waals surface area contributed by atoms with Crippen LogP contribution in [0.2, 0.25) is 0 Å². The molecular weight excluding hydrogens is 358 g/mol. The third kappa shape index (κ3) is 4.09. The van der Waals surface area contributed by atoms with Crippen LogP contribution in [0.5, 0.6) is 0 Å². The molecule has 4 rings (SSSR count). The molecule has 3 heterocycles. The molecule has 2 aromatic heterocycles. The highest BCUT2D eigenvalue weighted by Gasteiger charge is 2.18. The zero-order valence-electron chi connectivity index (χ0n) is 17.1. The molecule has 1 N–H and O–H groups in total. The molecule has 1 aliphatic rings. The molecule has 5 heteroatoms. The van der Waals surface area contributed by atoms with E-state index < -0.39 is 0 Å². The van der Waals surface area contributed by atoms with E-state index in [9.17, 15) is 0 Å². The van der Waals surface area contributed by atoms with E-state index in [1.54, 1.807) is 6.33 Å². The summed E-state index contributed by atoms with van der Waals surface area (Å²) in [4.78, 5) is 18.3. The van der Waals surface area contributed by atoms with Gasteiger partial charge >= 0.3 is 0 Å². The lowest BCUT2D eigenvalue weighted by Gasteiger charge is -2.19. The van der Waals surface area contributed by atoms with E-state index in [-0.39, 0.29) is 6.04 Å². The van der Waals surface area contributed by atoms with Crippen molar-refractivity contribution >= 4 is 22.4 Å². The van der Waals surface area contributed by atoms with Crippen LogP contribution in [-0.4, -0.2) is 26.7 Å². The summed E-state index contributed by atoms with van der Waals surface area (Å²) in [7, 11) is 0. The normalized spacial score (nSPS) is 15.5. The average molecular weight is 383 g/mol. The summed E-state index contributed by atoms with van der Waals surface area (Å²) in [6.45, 7) is 10.4. The van der Waals surface area contributed by atoms with Crippen LogP contribution in [0.1, 0.15) is 32.3 Å². The second-order valence-electron chi connectivity index (χ2n) is 7.53. The van der Waals surface area contributed by atoms with Gasteiger partial charge in [0.15, 0.2) is 0 Å². The van der Waals surface area contributed by atoms with E-state index in [1.165, 1.54) is 0 Å². The van der Waals surface area contributed by atoms with Gasteiger partial charge in [0.1, 0.15) is 12.1 Å². The largest absolute Gasteiger partial charge is 0.361 e. The fourth-order valence-electron chi connectivity index (χ4n) is 3.54. The molecule has 5 nitrogen and oxygen atoms in total. The number of nitrogens with zero attached hydrogens (tertiary/aromatic N) is 4. The Morgan fingerprint density at radius 2 is 1.93 bits per heavy atom. The van der Waals surface area contributed by atoms with Crippen molar-refractivity contribution in [3.63, 3.8) is 0 Å². The number of aromatic nitrogens is 3. The molecule has 29 heavy (non-hydrogen) atoms. The molecule has 1 aliphatic heterocycles. The monoisotopic (exact) mass is 383 g/mol.